The SMILES string of the molecule is Cc1sc(Br)nc1C(C)(F)F. The van der Waals surface area contributed by atoms with Crippen molar-refractivity contribution in [3.63, 3.8) is 0 Å². The van der Waals surface area contributed by atoms with Gasteiger partial charge in [-0.25, -0.2) is 4.98 Å². The van der Waals surface area contributed by atoms with Crippen molar-refractivity contribution in [3.8, 4) is 0 Å². The standard InChI is InChI=1S/C6H6BrF2NS/c1-3-4(6(2,8)9)10-5(7)11-3/h1-2H3. The minimum absolute atomic E-state index is 0.130. The van der Waals surface area contributed by atoms with Gasteiger partial charge in [-0.05, 0) is 22.9 Å². The maximum Gasteiger partial charge on any atom is 0.288 e. The molecule has 0 aliphatic carbocycles. The average molecular weight is 242 g/mol. The van der Waals surface area contributed by atoms with Gasteiger partial charge in [0, 0.05) is 11.8 Å². The molecule has 62 valence electrons. The van der Waals surface area contributed by atoms with Crippen molar-refractivity contribution in [2.45, 2.75) is 19.8 Å². The molecule has 0 aromatic carbocycles. The van der Waals surface area contributed by atoms with Crippen molar-refractivity contribution in [1.29, 1.82) is 0 Å². The third-order valence-electron chi connectivity index (χ3n) is 1.19. The molecule has 5 heteroatoms. The van der Waals surface area contributed by atoms with Crippen molar-refractivity contribution < 1.29 is 8.78 Å². The molecule has 11 heavy (non-hydrogen) atoms. The normalized spacial score (nSPS) is 12.1. The maximum absolute atomic E-state index is 12.7. The molecule has 0 saturated carbocycles. The van der Waals surface area contributed by atoms with Crippen molar-refractivity contribution >= 4 is 27.3 Å². The Balaban J connectivity index is 3.13. The quantitative estimate of drug-likeness (QED) is 0.736. The second kappa shape index (κ2) is 2.79. The van der Waals surface area contributed by atoms with Crippen LogP contribution in [0.15, 0.2) is 3.92 Å². The van der Waals surface area contributed by atoms with Crippen LogP contribution >= 0.6 is 27.3 Å². The summed E-state index contributed by atoms with van der Waals surface area (Å²) in [6.45, 7) is 2.48. The first-order chi connectivity index (χ1) is 4.91. The van der Waals surface area contributed by atoms with Gasteiger partial charge in [-0.1, -0.05) is 0 Å². The van der Waals surface area contributed by atoms with Gasteiger partial charge in [-0.15, -0.1) is 11.3 Å². The van der Waals surface area contributed by atoms with E-state index in [0.29, 0.717) is 8.79 Å². The Morgan fingerprint density at radius 3 is 2.27 bits per heavy atom. The number of thiazole rings is 1. The molecule has 0 bridgehead atoms. The lowest BCUT2D eigenvalue weighted by Crippen LogP contribution is -2.08. The predicted octanol–water partition coefficient (Wildman–Crippen LogP) is 3.33. The first-order valence-corrected chi connectivity index (χ1v) is 4.53. The fraction of sp³-hybridized carbons (Fsp3) is 0.500. The van der Waals surface area contributed by atoms with Gasteiger partial charge in [0.05, 0.1) is 0 Å². The molecule has 0 atom stereocenters. The van der Waals surface area contributed by atoms with Gasteiger partial charge in [0.15, 0.2) is 3.92 Å². The highest BCUT2D eigenvalue weighted by Crippen LogP contribution is 2.33. The summed E-state index contributed by atoms with van der Waals surface area (Å²) in [5.74, 6) is -2.83. The van der Waals surface area contributed by atoms with Crippen LogP contribution < -0.4 is 0 Å². The molecule has 0 unspecified atom stereocenters. The number of hydrogen-bond donors (Lipinski definition) is 0. The third-order valence-corrected chi connectivity index (χ3v) is 2.61. The summed E-state index contributed by atoms with van der Waals surface area (Å²) in [5.41, 5.74) is -0.130. The molecule has 0 aliphatic rings. The molecule has 0 spiro atoms. The van der Waals surface area contributed by atoms with Crippen molar-refractivity contribution in [2.75, 3.05) is 0 Å². The van der Waals surface area contributed by atoms with Crippen LogP contribution in [0.1, 0.15) is 17.5 Å². The Labute approximate surface area is 75.6 Å². The van der Waals surface area contributed by atoms with Crippen LogP contribution in [-0.4, -0.2) is 4.98 Å². The van der Waals surface area contributed by atoms with Gasteiger partial charge in [0.2, 0.25) is 0 Å². The summed E-state index contributed by atoms with van der Waals surface area (Å²) in [6.07, 6.45) is 0. The van der Waals surface area contributed by atoms with Gasteiger partial charge >= 0.3 is 0 Å². The van der Waals surface area contributed by atoms with E-state index in [1.54, 1.807) is 6.92 Å². The number of alkyl halides is 2. The zero-order valence-electron chi connectivity index (χ0n) is 5.99. The zero-order chi connectivity index (χ0) is 8.65. The zero-order valence-corrected chi connectivity index (χ0v) is 8.39. The summed E-state index contributed by atoms with van der Waals surface area (Å²) in [4.78, 5) is 4.23. The highest BCUT2D eigenvalue weighted by molar-refractivity contribution is 9.11. The lowest BCUT2D eigenvalue weighted by molar-refractivity contribution is 0.0127. The summed E-state index contributed by atoms with van der Waals surface area (Å²) < 4.78 is 25.8. The largest absolute Gasteiger partial charge is 0.288 e. The topological polar surface area (TPSA) is 12.9 Å². The fourth-order valence-electron chi connectivity index (χ4n) is 0.771. The number of hydrogen-bond acceptors (Lipinski definition) is 2. The molecule has 0 amide bonds. The molecule has 1 rings (SSSR count). The van der Waals surface area contributed by atoms with Crippen LogP contribution in [0.25, 0.3) is 0 Å². The number of rotatable bonds is 1. The summed E-state index contributed by atoms with van der Waals surface area (Å²) in [6, 6.07) is 0. The van der Waals surface area contributed by atoms with Crippen LogP contribution in [0.5, 0.6) is 0 Å². The minimum Gasteiger partial charge on any atom is -0.228 e. The Kier molecular flexibility index (Phi) is 2.29. The third kappa shape index (κ3) is 1.96. The lowest BCUT2D eigenvalue weighted by Gasteiger charge is -2.06. The van der Waals surface area contributed by atoms with Gasteiger partial charge in [-0.3, -0.25) is 0 Å². The summed E-state index contributed by atoms with van der Waals surface area (Å²) in [5, 5.41) is 0. The van der Waals surface area contributed by atoms with E-state index in [9.17, 15) is 8.78 Å². The molecule has 1 nitrogen and oxygen atoms in total. The Hall–Kier alpha value is -0.0300. The van der Waals surface area contributed by atoms with E-state index in [1.165, 1.54) is 11.3 Å². The monoisotopic (exact) mass is 241 g/mol. The molecule has 0 saturated heterocycles. The molecule has 1 aromatic rings. The van der Waals surface area contributed by atoms with Crippen LogP contribution in [0.4, 0.5) is 8.78 Å². The Bertz CT molecular complexity index is 266. The second-order valence-corrected chi connectivity index (χ2v) is 4.74. The van der Waals surface area contributed by atoms with E-state index in [0.717, 1.165) is 6.92 Å². The van der Waals surface area contributed by atoms with E-state index < -0.39 is 5.92 Å². The molecule has 1 heterocycles. The Morgan fingerprint density at radius 2 is 2.09 bits per heavy atom. The van der Waals surface area contributed by atoms with E-state index in [1.807, 2.05) is 0 Å². The van der Waals surface area contributed by atoms with Crippen LogP contribution in [0.2, 0.25) is 0 Å². The number of aryl methyl sites for hydroxylation is 1. The molecule has 1 aromatic heterocycles. The van der Waals surface area contributed by atoms with Gasteiger partial charge < -0.3 is 0 Å². The fourth-order valence-corrected chi connectivity index (χ4v) is 2.39. The molecular formula is C6H6BrF2NS. The predicted molar refractivity (Wildman–Crippen MR) is 44.1 cm³/mol. The van der Waals surface area contributed by atoms with E-state index in [-0.39, 0.29) is 5.69 Å². The van der Waals surface area contributed by atoms with Crippen molar-refractivity contribution in [3.05, 3.63) is 14.5 Å². The average Bonchev–Trinajstić information content (AvgIpc) is 2.08. The molecular weight excluding hydrogens is 236 g/mol. The van der Waals surface area contributed by atoms with Crippen molar-refractivity contribution in [1.82, 2.24) is 4.98 Å². The van der Waals surface area contributed by atoms with E-state index >= 15 is 0 Å². The lowest BCUT2D eigenvalue weighted by atomic mass is 10.2. The molecule has 0 N–H and O–H groups in total. The van der Waals surface area contributed by atoms with Crippen LogP contribution in [0, 0.1) is 6.92 Å². The molecule has 0 aliphatic heterocycles. The minimum atomic E-state index is -2.83. The first kappa shape index (κ1) is 9.06. The first-order valence-electron chi connectivity index (χ1n) is 2.92. The highest BCUT2D eigenvalue weighted by Gasteiger charge is 2.29. The van der Waals surface area contributed by atoms with Gasteiger partial charge in [0.1, 0.15) is 5.69 Å². The second-order valence-electron chi connectivity index (χ2n) is 2.26. The number of nitrogens with zero attached hydrogens (tertiary/aromatic N) is 1. The smallest absolute Gasteiger partial charge is 0.228 e. The Morgan fingerprint density at radius 1 is 1.55 bits per heavy atom. The van der Waals surface area contributed by atoms with Gasteiger partial charge in [-0.2, -0.15) is 8.78 Å². The number of aromatic nitrogens is 1. The van der Waals surface area contributed by atoms with Crippen molar-refractivity contribution in [2.24, 2.45) is 0 Å². The maximum atomic E-state index is 12.7. The molecule has 0 radical (unpaired) electrons. The molecule has 0 fully saturated rings. The van der Waals surface area contributed by atoms with E-state index in [4.69, 9.17) is 0 Å². The van der Waals surface area contributed by atoms with Gasteiger partial charge in [0.25, 0.3) is 5.92 Å². The summed E-state index contributed by atoms with van der Waals surface area (Å²) in [7, 11) is 0. The number of halogens is 3. The van der Waals surface area contributed by atoms with Crippen LogP contribution in [0.3, 0.4) is 0 Å². The van der Waals surface area contributed by atoms with Crippen LogP contribution in [-0.2, 0) is 5.92 Å². The highest BCUT2D eigenvalue weighted by atomic mass is 79.9. The summed E-state index contributed by atoms with van der Waals surface area (Å²) >= 11 is 4.27. The van der Waals surface area contributed by atoms with E-state index in [2.05, 4.69) is 20.9 Å².